The standard InChI is InChI=1S/C26H22N2O3/c1-15-11-13-17(14-12-15)23-22(20-9-5-6-10-21(20)27-23)24-18-7-3-4-8-19(18)25(29)28(24)16(2)26(30)31/h3-14,16,24,27H,1-2H3,(H,30,31)/p-1/t16-,24-/m0/s1. The summed E-state index contributed by atoms with van der Waals surface area (Å²) in [5.74, 6) is -1.57. The zero-order valence-electron chi connectivity index (χ0n) is 17.3. The highest BCUT2D eigenvalue weighted by atomic mass is 16.4. The van der Waals surface area contributed by atoms with Crippen LogP contribution in [-0.4, -0.2) is 27.8 Å². The van der Waals surface area contributed by atoms with E-state index >= 15 is 0 Å². The van der Waals surface area contributed by atoms with Crippen LogP contribution in [0.5, 0.6) is 0 Å². The number of aromatic nitrogens is 1. The lowest BCUT2D eigenvalue weighted by molar-refractivity contribution is -0.310. The lowest BCUT2D eigenvalue weighted by Crippen LogP contribution is -2.48. The molecule has 3 aromatic carbocycles. The van der Waals surface area contributed by atoms with Crippen LogP contribution in [0.3, 0.4) is 0 Å². The van der Waals surface area contributed by atoms with Crippen LogP contribution in [0.1, 0.15) is 40.0 Å². The molecule has 1 aliphatic heterocycles. The van der Waals surface area contributed by atoms with Crippen LogP contribution in [0.15, 0.2) is 72.8 Å². The van der Waals surface area contributed by atoms with E-state index in [0.717, 1.165) is 38.9 Å². The highest BCUT2D eigenvalue weighted by Crippen LogP contribution is 2.46. The smallest absolute Gasteiger partial charge is 0.255 e. The van der Waals surface area contributed by atoms with Crippen LogP contribution in [0.4, 0.5) is 0 Å². The highest BCUT2D eigenvalue weighted by molar-refractivity contribution is 6.03. The van der Waals surface area contributed by atoms with Gasteiger partial charge >= 0.3 is 0 Å². The molecule has 0 saturated heterocycles. The van der Waals surface area contributed by atoms with Crippen molar-refractivity contribution in [3.05, 3.63) is 95.1 Å². The van der Waals surface area contributed by atoms with E-state index < -0.39 is 18.1 Å². The third-order valence-corrected chi connectivity index (χ3v) is 6.12. The van der Waals surface area contributed by atoms with Crippen molar-refractivity contribution in [3.8, 4) is 11.3 Å². The van der Waals surface area contributed by atoms with Crippen molar-refractivity contribution in [2.24, 2.45) is 0 Å². The Morgan fingerprint density at radius 2 is 1.68 bits per heavy atom. The van der Waals surface area contributed by atoms with Crippen molar-refractivity contribution in [1.82, 2.24) is 9.88 Å². The predicted molar refractivity (Wildman–Crippen MR) is 117 cm³/mol. The Labute approximate surface area is 179 Å². The Morgan fingerprint density at radius 3 is 2.42 bits per heavy atom. The molecule has 0 bridgehead atoms. The van der Waals surface area contributed by atoms with Crippen LogP contribution < -0.4 is 5.11 Å². The summed E-state index contributed by atoms with van der Waals surface area (Å²) < 4.78 is 0. The number of rotatable bonds is 4. The van der Waals surface area contributed by atoms with Gasteiger partial charge in [-0.3, -0.25) is 4.79 Å². The molecule has 5 rings (SSSR count). The maximum absolute atomic E-state index is 13.3. The number of aryl methyl sites for hydroxylation is 1. The third kappa shape index (κ3) is 2.93. The number of amides is 1. The van der Waals surface area contributed by atoms with Crippen molar-refractivity contribution in [2.45, 2.75) is 25.9 Å². The second kappa shape index (κ2) is 7.13. The van der Waals surface area contributed by atoms with E-state index in [1.54, 1.807) is 12.1 Å². The number of hydrogen-bond donors (Lipinski definition) is 1. The van der Waals surface area contributed by atoms with Crippen LogP contribution in [-0.2, 0) is 4.79 Å². The Balaban J connectivity index is 1.82. The number of hydrogen-bond acceptors (Lipinski definition) is 3. The quantitative estimate of drug-likeness (QED) is 0.557. The molecule has 1 amide bonds. The lowest BCUT2D eigenvalue weighted by Gasteiger charge is -2.32. The van der Waals surface area contributed by atoms with Gasteiger partial charge in [0.15, 0.2) is 0 Å². The molecule has 0 fully saturated rings. The fourth-order valence-electron chi connectivity index (χ4n) is 4.54. The molecule has 1 N–H and O–H groups in total. The second-order valence-corrected chi connectivity index (χ2v) is 8.02. The molecule has 0 aliphatic carbocycles. The van der Waals surface area contributed by atoms with Crippen molar-refractivity contribution >= 4 is 22.8 Å². The topological polar surface area (TPSA) is 76.2 Å². The van der Waals surface area contributed by atoms with Crippen molar-refractivity contribution < 1.29 is 14.7 Å². The van der Waals surface area contributed by atoms with Crippen LogP contribution in [0, 0.1) is 6.92 Å². The summed E-state index contributed by atoms with van der Waals surface area (Å²) in [5, 5.41) is 12.8. The number of para-hydroxylation sites is 1. The summed E-state index contributed by atoms with van der Waals surface area (Å²) in [6.45, 7) is 3.54. The monoisotopic (exact) mass is 409 g/mol. The normalized spacial score (nSPS) is 16.5. The summed E-state index contributed by atoms with van der Waals surface area (Å²) in [6.07, 6.45) is 0. The minimum absolute atomic E-state index is 0.294. The number of aromatic amines is 1. The molecule has 0 saturated carbocycles. The van der Waals surface area contributed by atoms with Gasteiger partial charge in [0, 0.05) is 22.0 Å². The van der Waals surface area contributed by atoms with E-state index in [0.29, 0.717) is 5.56 Å². The number of carboxylic acids is 1. The molecule has 1 aliphatic rings. The van der Waals surface area contributed by atoms with Crippen LogP contribution in [0.2, 0.25) is 0 Å². The second-order valence-electron chi connectivity index (χ2n) is 8.02. The number of nitrogens with zero attached hydrogens (tertiary/aromatic N) is 1. The van der Waals surface area contributed by atoms with Gasteiger partial charge in [0.25, 0.3) is 5.91 Å². The number of fused-ring (bicyclic) bond motifs is 2. The fraction of sp³-hybridized carbons (Fsp3) is 0.154. The van der Waals surface area contributed by atoms with Crippen molar-refractivity contribution in [3.63, 3.8) is 0 Å². The molecule has 0 spiro atoms. The van der Waals surface area contributed by atoms with Gasteiger partial charge in [-0.05, 0) is 37.1 Å². The largest absolute Gasteiger partial charge is 0.548 e. The number of carbonyl (C=O) groups is 2. The maximum Gasteiger partial charge on any atom is 0.255 e. The van der Waals surface area contributed by atoms with E-state index in [9.17, 15) is 14.7 Å². The molecule has 2 atom stereocenters. The molecule has 4 aromatic rings. The minimum atomic E-state index is -1.28. The lowest BCUT2D eigenvalue weighted by atomic mass is 9.92. The molecular weight excluding hydrogens is 388 g/mol. The number of benzene rings is 3. The number of H-pyrrole nitrogens is 1. The first-order chi connectivity index (χ1) is 15.0. The molecule has 31 heavy (non-hydrogen) atoms. The Morgan fingerprint density at radius 1 is 1.00 bits per heavy atom. The molecule has 5 heteroatoms. The molecule has 154 valence electrons. The summed E-state index contributed by atoms with van der Waals surface area (Å²) in [7, 11) is 0. The van der Waals surface area contributed by atoms with Gasteiger partial charge < -0.3 is 19.8 Å². The van der Waals surface area contributed by atoms with Gasteiger partial charge in [-0.25, -0.2) is 0 Å². The zero-order chi connectivity index (χ0) is 21.7. The minimum Gasteiger partial charge on any atom is -0.548 e. The number of carbonyl (C=O) groups excluding carboxylic acids is 2. The summed E-state index contributed by atoms with van der Waals surface area (Å²) in [6, 6.07) is 21.8. The van der Waals surface area contributed by atoms with E-state index in [4.69, 9.17) is 0 Å². The van der Waals surface area contributed by atoms with E-state index in [-0.39, 0.29) is 5.91 Å². The first kappa shape index (κ1) is 19.1. The first-order valence-electron chi connectivity index (χ1n) is 10.3. The SMILES string of the molecule is Cc1ccc(-c2[nH]c3ccccc3c2[C@@H]2c3ccccc3C(=O)N2[C@@H](C)C(=O)[O-])cc1. The Hall–Kier alpha value is -3.86. The predicted octanol–water partition coefficient (Wildman–Crippen LogP) is 3.83. The number of carboxylic acid groups (broad SMARTS) is 1. The fourth-order valence-corrected chi connectivity index (χ4v) is 4.54. The molecule has 5 nitrogen and oxygen atoms in total. The molecule has 2 heterocycles. The third-order valence-electron chi connectivity index (χ3n) is 6.12. The van der Waals surface area contributed by atoms with Crippen molar-refractivity contribution in [2.75, 3.05) is 0 Å². The van der Waals surface area contributed by atoms with Gasteiger partial charge in [0.05, 0.1) is 23.7 Å². The summed E-state index contributed by atoms with van der Waals surface area (Å²) >= 11 is 0. The van der Waals surface area contributed by atoms with Gasteiger partial charge in [0.2, 0.25) is 0 Å². The Bertz CT molecular complexity index is 1320. The van der Waals surface area contributed by atoms with Crippen LogP contribution in [0.25, 0.3) is 22.2 Å². The van der Waals surface area contributed by atoms with Crippen LogP contribution >= 0.6 is 0 Å². The van der Waals surface area contributed by atoms with Gasteiger partial charge in [0.1, 0.15) is 0 Å². The number of aliphatic carboxylic acids is 1. The van der Waals surface area contributed by atoms with Gasteiger partial charge in [-0.15, -0.1) is 0 Å². The van der Waals surface area contributed by atoms with Gasteiger partial charge in [-0.2, -0.15) is 0 Å². The summed E-state index contributed by atoms with van der Waals surface area (Å²) in [4.78, 5) is 30.1. The molecule has 1 aromatic heterocycles. The van der Waals surface area contributed by atoms with E-state index in [1.165, 1.54) is 11.8 Å². The van der Waals surface area contributed by atoms with E-state index in [2.05, 4.69) is 4.98 Å². The molecule has 0 radical (unpaired) electrons. The average Bonchev–Trinajstić information content (AvgIpc) is 3.29. The molecule has 0 unspecified atom stereocenters. The highest BCUT2D eigenvalue weighted by Gasteiger charge is 2.42. The zero-order valence-corrected chi connectivity index (χ0v) is 17.3. The van der Waals surface area contributed by atoms with Gasteiger partial charge in [-0.1, -0.05) is 66.2 Å². The maximum atomic E-state index is 13.3. The Kier molecular flexibility index (Phi) is 4.40. The average molecular weight is 409 g/mol. The number of nitrogens with one attached hydrogen (secondary N) is 1. The molecular formula is C26H21N2O3-. The summed E-state index contributed by atoms with van der Waals surface area (Å²) in [5.41, 5.74) is 6.17. The van der Waals surface area contributed by atoms with E-state index in [1.807, 2.05) is 67.6 Å². The van der Waals surface area contributed by atoms with Crippen molar-refractivity contribution in [1.29, 1.82) is 0 Å². The first-order valence-corrected chi connectivity index (χ1v) is 10.3.